The zero-order chi connectivity index (χ0) is 14.4. The molecule has 0 radical (unpaired) electrons. The number of carboxylic acids is 1. The lowest BCUT2D eigenvalue weighted by Crippen LogP contribution is -2.23. The number of nitrogens with zero attached hydrogens (tertiary/aromatic N) is 2. The van der Waals surface area contributed by atoms with Crippen LogP contribution in [0.3, 0.4) is 0 Å². The summed E-state index contributed by atoms with van der Waals surface area (Å²) in [4.78, 5) is 17.6. The molecule has 1 atom stereocenters. The van der Waals surface area contributed by atoms with E-state index in [-0.39, 0.29) is 12.7 Å². The molecule has 2 aliphatic heterocycles. The van der Waals surface area contributed by atoms with Crippen LogP contribution < -0.4 is 14.4 Å². The summed E-state index contributed by atoms with van der Waals surface area (Å²) in [5, 5.41) is 11.1. The summed E-state index contributed by atoms with van der Waals surface area (Å²) in [7, 11) is 0. The van der Waals surface area contributed by atoms with Gasteiger partial charge in [-0.15, -0.1) is 0 Å². The quantitative estimate of drug-likeness (QED) is 0.908. The van der Waals surface area contributed by atoms with Crippen LogP contribution in [0.5, 0.6) is 11.5 Å². The standard InChI is InChI=1S/C15H14N2O4/c18-15(19)10-2-4-17(7-10)14-11-6-13-12(20-8-21-13)5-9(11)1-3-16-14/h1,3,5-6,10H,2,4,7-8H2,(H,18,19). The van der Waals surface area contributed by atoms with Gasteiger partial charge in [-0.2, -0.15) is 0 Å². The van der Waals surface area contributed by atoms with Gasteiger partial charge in [-0.05, 0) is 30.0 Å². The Hall–Kier alpha value is -2.50. The fraction of sp³-hybridized carbons (Fsp3) is 0.333. The second kappa shape index (κ2) is 4.51. The molecule has 6 nitrogen and oxygen atoms in total. The van der Waals surface area contributed by atoms with Crippen LogP contribution >= 0.6 is 0 Å². The molecule has 2 aromatic rings. The van der Waals surface area contributed by atoms with Gasteiger partial charge in [0.1, 0.15) is 5.82 Å². The van der Waals surface area contributed by atoms with E-state index in [2.05, 4.69) is 4.98 Å². The highest BCUT2D eigenvalue weighted by Crippen LogP contribution is 2.39. The Morgan fingerprint density at radius 1 is 1.33 bits per heavy atom. The van der Waals surface area contributed by atoms with Crippen molar-refractivity contribution >= 4 is 22.6 Å². The molecule has 1 fully saturated rings. The van der Waals surface area contributed by atoms with Crippen molar-refractivity contribution < 1.29 is 19.4 Å². The minimum atomic E-state index is -0.740. The van der Waals surface area contributed by atoms with Crippen molar-refractivity contribution in [3.63, 3.8) is 0 Å². The summed E-state index contributed by atoms with van der Waals surface area (Å²) in [5.41, 5.74) is 0. The first-order valence-corrected chi connectivity index (χ1v) is 6.88. The zero-order valence-corrected chi connectivity index (χ0v) is 11.3. The van der Waals surface area contributed by atoms with E-state index in [1.807, 2.05) is 23.1 Å². The second-order valence-electron chi connectivity index (χ2n) is 5.33. The molecule has 1 aromatic heterocycles. The Balaban J connectivity index is 1.77. The van der Waals surface area contributed by atoms with Crippen LogP contribution in [-0.4, -0.2) is 35.9 Å². The van der Waals surface area contributed by atoms with Crippen LogP contribution in [0.15, 0.2) is 24.4 Å². The first-order chi connectivity index (χ1) is 10.2. The van der Waals surface area contributed by atoms with Crippen molar-refractivity contribution in [3.05, 3.63) is 24.4 Å². The molecule has 0 bridgehead atoms. The summed E-state index contributed by atoms with van der Waals surface area (Å²) in [6, 6.07) is 5.78. The number of rotatable bonds is 2. The third-order valence-corrected chi connectivity index (χ3v) is 4.07. The molecule has 0 spiro atoms. The lowest BCUT2D eigenvalue weighted by Gasteiger charge is -2.19. The average molecular weight is 286 g/mol. The summed E-state index contributed by atoms with van der Waals surface area (Å²) < 4.78 is 10.8. The van der Waals surface area contributed by atoms with Crippen molar-refractivity contribution in [2.75, 3.05) is 24.8 Å². The lowest BCUT2D eigenvalue weighted by atomic mass is 10.1. The summed E-state index contributed by atoms with van der Waals surface area (Å²) in [5.74, 6) is 1.20. The molecule has 3 heterocycles. The van der Waals surface area contributed by atoms with Gasteiger partial charge in [0.25, 0.3) is 0 Å². The van der Waals surface area contributed by atoms with E-state index < -0.39 is 5.97 Å². The Labute approximate surface area is 120 Å². The molecule has 1 N–H and O–H groups in total. The van der Waals surface area contributed by atoms with Crippen LogP contribution in [0.4, 0.5) is 5.82 Å². The van der Waals surface area contributed by atoms with E-state index >= 15 is 0 Å². The summed E-state index contributed by atoms with van der Waals surface area (Å²) in [6.45, 7) is 1.44. The SMILES string of the molecule is O=C(O)C1CCN(c2nccc3cc4c(cc23)OCO4)C1. The number of anilines is 1. The molecule has 1 aromatic carbocycles. The van der Waals surface area contributed by atoms with Crippen molar-refractivity contribution in [2.45, 2.75) is 6.42 Å². The third-order valence-electron chi connectivity index (χ3n) is 4.07. The predicted molar refractivity (Wildman–Crippen MR) is 75.8 cm³/mol. The minimum absolute atomic E-state index is 0.235. The smallest absolute Gasteiger partial charge is 0.308 e. The van der Waals surface area contributed by atoms with Crippen LogP contribution in [0.2, 0.25) is 0 Å². The van der Waals surface area contributed by atoms with Crippen molar-refractivity contribution in [3.8, 4) is 11.5 Å². The zero-order valence-electron chi connectivity index (χ0n) is 11.3. The number of benzene rings is 1. The third kappa shape index (κ3) is 1.94. The monoisotopic (exact) mass is 286 g/mol. The van der Waals surface area contributed by atoms with Crippen LogP contribution in [0, 0.1) is 5.92 Å². The molecule has 1 saturated heterocycles. The van der Waals surface area contributed by atoms with E-state index in [1.165, 1.54) is 0 Å². The van der Waals surface area contributed by atoms with Gasteiger partial charge in [0.2, 0.25) is 6.79 Å². The maximum atomic E-state index is 11.1. The number of aliphatic carboxylic acids is 1. The van der Waals surface area contributed by atoms with Gasteiger partial charge in [-0.3, -0.25) is 4.79 Å². The maximum absolute atomic E-state index is 11.1. The highest BCUT2D eigenvalue weighted by atomic mass is 16.7. The van der Waals surface area contributed by atoms with E-state index in [0.717, 1.165) is 22.3 Å². The molecule has 21 heavy (non-hydrogen) atoms. The highest BCUT2D eigenvalue weighted by Gasteiger charge is 2.30. The normalized spacial score (nSPS) is 20.2. The van der Waals surface area contributed by atoms with E-state index in [9.17, 15) is 4.79 Å². The van der Waals surface area contributed by atoms with Gasteiger partial charge < -0.3 is 19.5 Å². The lowest BCUT2D eigenvalue weighted by molar-refractivity contribution is -0.140. The number of pyridine rings is 1. The van der Waals surface area contributed by atoms with Gasteiger partial charge in [0, 0.05) is 24.7 Å². The van der Waals surface area contributed by atoms with Gasteiger partial charge in [-0.25, -0.2) is 4.98 Å². The number of aromatic nitrogens is 1. The predicted octanol–water partition coefficient (Wildman–Crippen LogP) is 1.87. The minimum Gasteiger partial charge on any atom is -0.481 e. The maximum Gasteiger partial charge on any atom is 0.308 e. The Kier molecular flexibility index (Phi) is 2.63. The number of hydrogen-bond acceptors (Lipinski definition) is 5. The van der Waals surface area contributed by atoms with Crippen molar-refractivity contribution in [1.29, 1.82) is 0 Å². The van der Waals surface area contributed by atoms with E-state index in [1.54, 1.807) is 6.20 Å². The molecule has 6 heteroatoms. The van der Waals surface area contributed by atoms with Crippen LogP contribution in [-0.2, 0) is 4.79 Å². The van der Waals surface area contributed by atoms with Gasteiger partial charge in [0.05, 0.1) is 5.92 Å². The highest BCUT2D eigenvalue weighted by molar-refractivity contribution is 5.95. The molecule has 0 amide bonds. The Bertz CT molecular complexity index is 731. The van der Waals surface area contributed by atoms with Gasteiger partial charge in [-0.1, -0.05) is 0 Å². The Morgan fingerprint density at radius 3 is 2.90 bits per heavy atom. The average Bonchev–Trinajstić information content (AvgIpc) is 3.13. The molecule has 2 aliphatic rings. The molecule has 0 saturated carbocycles. The Morgan fingerprint density at radius 2 is 2.14 bits per heavy atom. The second-order valence-corrected chi connectivity index (χ2v) is 5.33. The molecule has 1 unspecified atom stereocenters. The molecular formula is C15H14N2O4. The fourth-order valence-electron chi connectivity index (χ4n) is 2.95. The first kappa shape index (κ1) is 12.3. The summed E-state index contributed by atoms with van der Waals surface area (Å²) in [6.07, 6.45) is 2.39. The number of hydrogen-bond donors (Lipinski definition) is 1. The number of ether oxygens (including phenoxy) is 2. The fourth-order valence-corrected chi connectivity index (χ4v) is 2.95. The number of carboxylic acid groups (broad SMARTS) is 1. The number of carbonyl (C=O) groups is 1. The molecule has 0 aliphatic carbocycles. The largest absolute Gasteiger partial charge is 0.481 e. The first-order valence-electron chi connectivity index (χ1n) is 6.88. The van der Waals surface area contributed by atoms with E-state index in [0.29, 0.717) is 25.3 Å². The molecule has 108 valence electrons. The summed E-state index contributed by atoms with van der Waals surface area (Å²) >= 11 is 0. The topological polar surface area (TPSA) is 71.9 Å². The molecular weight excluding hydrogens is 272 g/mol. The van der Waals surface area contributed by atoms with Crippen LogP contribution in [0.25, 0.3) is 10.8 Å². The number of fused-ring (bicyclic) bond motifs is 2. The van der Waals surface area contributed by atoms with Crippen molar-refractivity contribution in [2.24, 2.45) is 5.92 Å². The van der Waals surface area contributed by atoms with Crippen molar-refractivity contribution in [1.82, 2.24) is 4.98 Å². The molecule has 4 rings (SSSR count). The van der Waals surface area contributed by atoms with E-state index in [4.69, 9.17) is 14.6 Å². The van der Waals surface area contributed by atoms with Gasteiger partial charge >= 0.3 is 5.97 Å². The van der Waals surface area contributed by atoms with Gasteiger partial charge in [0.15, 0.2) is 11.5 Å². The van der Waals surface area contributed by atoms with Crippen LogP contribution in [0.1, 0.15) is 6.42 Å².